The van der Waals surface area contributed by atoms with E-state index in [9.17, 15) is 9.59 Å². The number of benzene rings is 2. The highest BCUT2D eigenvalue weighted by molar-refractivity contribution is 7.99. The van der Waals surface area contributed by atoms with Gasteiger partial charge in [-0.3, -0.25) is 9.59 Å². The first-order valence-electron chi connectivity index (χ1n) is 7.46. The Morgan fingerprint density at radius 2 is 1.75 bits per heavy atom. The number of carbonyl (C=O) groups excluding carboxylic acids is 2. The van der Waals surface area contributed by atoms with Crippen molar-refractivity contribution >= 4 is 40.9 Å². The van der Waals surface area contributed by atoms with Gasteiger partial charge < -0.3 is 10.2 Å². The fourth-order valence-electron chi connectivity index (χ4n) is 2.00. The molecule has 0 aliphatic rings. The minimum atomic E-state index is -0.271. The Morgan fingerprint density at radius 3 is 2.46 bits per heavy atom. The van der Waals surface area contributed by atoms with Crippen LogP contribution in [0.2, 0.25) is 5.02 Å². The smallest absolute Gasteiger partial charge is 0.244 e. The van der Waals surface area contributed by atoms with Crippen molar-refractivity contribution in [2.45, 2.75) is 5.75 Å². The van der Waals surface area contributed by atoms with E-state index in [-0.39, 0.29) is 18.4 Å². The summed E-state index contributed by atoms with van der Waals surface area (Å²) in [5.74, 6) is 0.758. The molecule has 1 N–H and O–H groups in total. The molecule has 24 heavy (non-hydrogen) atoms. The van der Waals surface area contributed by atoms with E-state index in [1.165, 1.54) is 22.2 Å². The predicted octanol–water partition coefficient (Wildman–Crippen LogP) is 3.67. The van der Waals surface area contributed by atoms with Crippen molar-refractivity contribution in [1.82, 2.24) is 4.90 Å². The molecule has 2 amide bonds. The van der Waals surface area contributed by atoms with E-state index in [0.717, 1.165) is 5.75 Å². The second-order valence-electron chi connectivity index (χ2n) is 5.26. The summed E-state index contributed by atoms with van der Waals surface area (Å²) in [7, 11) is 1.62. The van der Waals surface area contributed by atoms with Gasteiger partial charge in [-0.25, -0.2) is 0 Å². The van der Waals surface area contributed by atoms with E-state index in [1.54, 1.807) is 31.3 Å². The summed E-state index contributed by atoms with van der Waals surface area (Å²) >= 11 is 7.53. The number of nitrogens with zero attached hydrogens (tertiary/aromatic N) is 1. The molecule has 0 radical (unpaired) electrons. The number of anilines is 1. The minimum absolute atomic E-state index is 0.00401. The Bertz CT molecular complexity index is 694. The van der Waals surface area contributed by atoms with Crippen LogP contribution >= 0.6 is 23.4 Å². The van der Waals surface area contributed by atoms with E-state index in [0.29, 0.717) is 16.5 Å². The number of para-hydroxylation sites is 1. The first kappa shape index (κ1) is 18.4. The van der Waals surface area contributed by atoms with Crippen LogP contribution in [0.4, 0.5) is 5.69 Å². The number of amides is 2. The van der Waals surface area contributed by atoms with Crippen LogP contribution in [0.15, 0.2) is 54.6 Å². The molecule has 2 rings (SSSR count). The van der Waals surface area contributed by atoms with Gasteiger partial charge in [-0.2, -0.15) is 0 Å². The van der Waals surface area contributed by atoms with E-state index < -0.39 is 0 Å². The van der Waals surface area contributed by atoms with Crippen LogP contribution in [0.1, 0.15) is 5.56 Å². The lowest BCUT2D eigenvalue weighted by atomic mass is 10.2. The summed E-state index contributed by atoms with van der Waals surface area (Å²) < 4.78 is 0. The largest absolute Gasteiger partial charge is 0.336 e. The van der Waals surface area contributed by atoms with Crippen LogP contribution in [-0.4, -0.2) is 36.1 Å². The minimum Gasteiger partial charge on any atom is -0.336 e. The molecule has 0 saturated heterocycles. The van der Waals surface area contributed by atoms with Crippen LogP contribution in [0.3, 0.4) is 0 Å². The fourth-order valence-corrected chi connectivity index (χ4v) is 3.10. The van der Waals surface area contributed by atoms with Gasteiger partial charge in [-0.15, -0.1) is 11.8 Å². The van der Waals surface area contributed by atoms with E-state index in [1.807, 2.05) is 30.3 Å². The molecule has 0 heterocycles. The highest BCUT2D eigenvalue weighted by atomic mass is 35.5. The van der Waals surface area contributed by atoms with Gasteiger partial charge >= 0.3 is 0 Å². The maximum atomic E-state index is 12.1. The monoisotopic (exact) mass is 362 g/mol. The van der Waals surface area contributed by atoms with Gasteiger partial charge in [0.05, 0.1) is 23.0 Å². The van der Waals surface area contributed by atoms with Crippen LogP contribution in [0.25, 0.3) is 0 Å². The predicted molar refractivity (Wildman–Crippen MR) is 100 cm³/mol. The molecule has 0 saturated carbocycles. The zero-order chi connectivity index (χ0) is 17.4. The molecule has 2 aromatic rings. The van der Waals surface area contributed by atoms with Gasteiger partial charge in [-0.05, 0) is 17.7 Å². The van der Waals surface area contributed by atoms with Gasteiger partial charge in [0.15, 0.2) is 0 Å². The van der Waals surface area contributed by atoms with Crippen molar-refractivity contribution in [3.63, 3.8) is 0 Å². The number of hydrogen-bond acceptors (Lipinski definition) is 3. The van der Waals surface area contributed by atoms with Gasteiger partial charge in [-0.1, -0.05) is 54.1 Å². The molecule has 6 heteroatoms. The summed E-state index contributed by atoms with van der Waals surface area (Å²) in [6, 6.07) is 17.0. The lowest BCUT2D eigenvalue weighted by molar-refractivity contribution is -0.131. The molecule has 126 valence electrons. The third-order valence-corrected chi connectivity index (χ3v) is 4.61. The number of rotatable bonds is 7. The van der Waals surface area contributed by atoms with Crippen molar-refractivity contribution in [3.8, 4) is 0 Å². The Balaban J connectivity index is 1.74. The first-order valence-corrected chi connectivity index (χ1v) is 8.99. The SMILES string of the molecule is CN(CC(=O)Nc1ccccc1Cl)C(=O)CSCc1ccccc1. The Labute approximate surface area is 151 Å². The number of hydrogen-bond donors (Lipinski definition) is 1. The number of nitrogens with one attached hydrogen (secondary N) is 1. The van der Waals surface area contributed by atoms with Gasteiger partial charge in [0, 0.05) is 12.8 Å². The highest BCUT2D eigenvalue weighted by Crippen LogP contribution is 2.20. The lowest BCUT2D eigenvalue weighted by Crippen LogP contribution is -2.36. The Morgan fingerprint density at radius 1 is 1.08 bits per heavy atom. The van der Waals surface area contributed by atoms with E-state index in [4.69, 9.17) is 11.6 Å². The van der Waals surface area contributed by atoms with Gasteiger partial charge in [0.2, 0.25) is 11.8 Å². The number of carbonyl (C=O) groups is 2. The third-order valence-electron chi connectivity index (χ3n) is 3.29. The molecule has 0 aromatic heterocycles. The maximum Gasteiger partial charge on any atom is 0.244 e. The molecule has 2 aromatic carbocycles. The van der Waals surface area contributed by atoms with Crippen molar-refractivity contribution in [1.29, 1.82) is 0 Å². The molecular formula is C18H19ClN2O2S. The fraction of sp³-hybridized carbons (Fsp3) is 0.222. The second kappa shape index (κ2) is 9.35. The topological polar surface area (TPSA) is 49.4 Å². The second-order valence-corrected chi connectivity index (χ2v) is 6.65. The summed E-state index contributed by atoms with van der Waals surface area (Å²) in [6.07, 6.45) is 0. The van der Waals surface area contributed by atoms with E-state index >= 15 is 0 Å². The van der Waals surface area contributed by atoms with E-state index in [2.05, 4.69) is 5.32 Å². The first-order chi connectivity index (χ1) is 11.6. The Kier molecular flexibility index (Phi) is 7.15. The highest BCUT2D eigenvalue weighted by Gasteiger charge is 2.13. The molecular weight excluding hydrogens is 344 g/mol. The summed E-state index contributed by atoms with van der Waals surface area (Å²) in [4.78, 5) is 25.5. The van der Waals surface area contributed by atoms with Crippen LogP contribution in [-0.2, 0) is 15.3 Å². The van der Waals surface area contributed by atoms with Crippen LogP contribution in [0.5, 0.6) is 0 Å². The van der Waals surface area contributed by atoms with Crippen LogP contribution < -0.4 is 5.32 Å². The average molecular weight is 363 g/mol. The molecule has 0 unspecified atom stereocenters. The summed E-state index contributed by atoms with van der Waals surface area (Å²) in [5.41, 5.74) is 1.72. The average Bonchev–Trinajstić information content (AvgIpc) is 2.57. The van der Waals surface area contributed by atoms with Crippen LogP contribution in [0, 0.1) is 0 Å². The molecule has 0 fully saturated rings. The summed E-state index contributed by atoms with van der Waals surface area (Å²) in [6.45, 7) is -0.00401. The molecule has 0 aliphatic heterocycles. The Hall–Kier alpha value is -1.98. The molecule has 0 bridgehead atoms. The zero-order valence-corrected chi connectivity index (χ0v) is 14.9. The van der Waals surface area contributed by atoms with Crippen molar-refractivity contribution in [2.24, 2.45) is 0 Å². The van der Waals surface area contributed by atoms with Crippen molar-refractivity contribution in [3.05, 3.63) is 65.2 Å². The lowest BCUT2D eigenvalue weighted by Gasteiger charge is -2.17. The number of likely N-dealkylation sites (N-methyl/N-ethyl adjacent to an activating group) is 1. The molecule has 0 spiro atoms. The molecule has 0 aliphatic carbocycles. The maximum absolute atomic E-state index is 12.1. The summed E-state index contributed by atoms with van der Waals surface area (Å²) in [5, 5.41) is 3.18. The van der Waals surface area contributed by atoms with Crippen molar-refractivity contribution in [2.75, 3.05) is 24.7 Å². The van der Waals surface area contributed by atoms with Gasteiger partial charge in [0.25, 0.3) is 0 Å². The zero-order valence-electron chi connectivity index (χ0n) is 13.4. The number of thioether (sulfide) groups is 1. The number of halogens is 1. The molecule has 0 atom stereocenters. The standard InChI is InChI=1S/C18H19ClN2O2S/c1-21(11-17(22)20-16-10-6-5-9-15(16)19)18(23)13-24-12-14-7-3-2-4-8-14/h2-10H,11-13H2,1H3,(H,20,22). The molecule has 4 nitrogen and oxygen atoms in total. The quantitative estimate of drug-likeness (QED) is 0.817. The van der Waals surface area contributed by atoms with Crippen molar-refractivity contribution < 1.29 is 9.59 Å². The third kappa shape index (κ3) is 5.91. The van der Waals surface area contributed by atoms with Gasteiger partial charge in [0.1, 0.15) is 0 Å². The normalized spacial score (nSPS) is 10.2.